The molecule has 0 bridgehead atoms. The summed E-state index contributed by atoms with van der Waals surface area (Å²) in [6.07, 6.45) is 3.08. The van der Waals surface area contributed by atoms with Gasteiger partial charge in [0.25, 0.3) is 0 Å². The Labute approximate surface area is 128 Å². The Bertz CT molecular complexity index is 596. The van der Waals surface area contributed by atoms with E-state index in [1.807, 2.05) is 20.0 Å². The van der Waals surface area contributed by atoms with Gasteiger partial charge >= 0.3 is 0 Å². The van der Waals surface area contributed by atoms with E-state index in [1.165, 1.54) is 0 Å². The first-order valence-corrected chi connectivity index (χ1v) is 7.10. The Morgan fingerprint density at radius 1 is 1.45 bits per heavy atom. The van der Waals surface area contributed by atoms with Crippen LogP contribution >= 0.6 is 23.2 Å². The summed E-state index contributed by atoms with van der Waals surface area (Å²) in [6.45, 7) is 2.03. The van der Waals surface area contributed by atoms with Gasteiger partial charge < -0.3 is 0 Å². The molecule has 2 rings (SSSR count). The van der Waals surface area contributed by atoms with Gasteiger partial charge in [0.1, 0.15) is 5.15 Å². The van der Waals surface area contributed by atoms with Crippen molar-refractivity contribution in [2.75, 3.05) is 0 Å². The lowest BCUT2D eigenvalue weighted by Gasteiger charge is -2.16. The maximum atomic E-state index is 6.36. The zero-order valence-corrected chi connectivity index (χ0v) is 12.9. The Balaban J connectivity index is 2.29. The fourth-order valence-electron chi connectivity index (χ4n) is 2.14. The number of nitrogens with zero attached hydrogens (tertiary/aromatic N) is 3. The first-order chi connectivity index (χ1) is 9.56. The Morgan fingerprint density at radius 3 is 2.75 bits per heavy atom. The van der Waals surface area contributed by atoms with E-state index in [0.717, 1.165) is 23.4 Å². The van der Waals surface area contributed by atoms with Gasteiger partial charge in [-0.25, -0.2) is 4.98 Å². The molecule has 2 aromatic rings. The van der Waals surface area contributed by atoms with Crippen molar-refractivity contribution in [2.45, 2.75) is 25.8 Å². The quantitative estimate of drug-likeness (QED) is 0.505. The number of nitrogens with one attached hydrogen (secondary N) is 1. The maximum absolute atomic E-state index is 6.36. The number of hydrazine groups is 1. The van der Waals surface area contributed by atoms with Crippen molar-refractivity contribution >= 4 is 23.2 Å². The van der Waals surface area contributed by atoms with Crippen LogP contribution in [0.15, 0.2) is 18.3 Å². The van der Waals surface area contributed by atoms with Crippen molar-refractivity contribution < 1.29 is 0 Å². The average molecular weight is 314 g/mol. The predicted molar refractivity (Wildman–Crippen MR) is 80.6 cm³/mol. The highest BCUT2D eigenvalue weighted by molar-refractivity contribution is 6.32. The molecule has 0 spiro atoms. The lowest BCUT2D eigenvalue weighted by atomic mass is 10.0. The summed E-state index contributed by atoms with van der Waals surface area (Å²) in [4.78, 5) is 3.97. The summed E-state index contributed by atoms with van der Waals surface area (Å²) in [6, 6.07) is 3.56. The van der Waals surface area contributed by atoms with Gasteiger partial charge in [0, 0.05) is 19.7 Å². The molecular weight excluding hydrogens is 297 g/mol. The van der Waals surface area contributed by atoms with Crippen LogP contribution in [-0.4, -0.2) is 14.8 Å². The molecule has 0 saturated heterocycles. The molecule has 0 aromatic carbocycles. The molecule has 108 valence electrons. The fourth-order valence-corrected chi connectivity index (χ4v) is 2.70. The van der Waals surface area contributed by atoms with E-state index in [-0.39, 0.29) is 6.04 Å². The van der Waals surface area contributed by atoms with Crippen molar-refractivity contribution in [3.63, 3.8) is 0 Å². The standard InChI is InChI=1S/C13H17Cl2N5/c1-3-9-13(15)11(20(2)19-9)7-10(18-16)8-4-5-17-12(14)6-8/h4-6,10,18H,3,7,16H2,1-2H3. The first-order valence-electron chi connectivity index (χ1n) is 6.34. The molecule has 0 radical (unpaired) electrons. The third kappa shape index (κ3) is 3.12. The summed E-state index contributed by atoms with van der Waals surface area (Å²) in [5.41, 5.74) is 5.59. The highest BCUT2D eigenvalue weighted by Gasteiger charge is 2.18. The van der Waals surface area contributed by atoms with E-state index >= 15 is 0 Å². The monoisotopic (exact) mass is 313 g/mol. The van der Waals surface area contributed by atoms with Gasteiger partial charge in [0.15, 0.2) is 0 Å². The minimum absolute atomic E-state index is 0.104. The summed E-state index contributed by atoms with van der Waals surface area (Å²) < 4.78 is 1.80. The van der Waals surface area contributed by atoms with E-state index < -0.39 is 0 Å². The highest BCUT2D eigenvalue weighted by atomic mass is 35.5. The molecule has 2 heterocycles. The van der Waals surface area contributed by atoms with Crippen LogP contribution < -0.4 is 11.3 Å². The Kier molecular flexibility index (Phi) is 4.99. The van der Waals surface area contributed by atoms with E-state index in [2.05, 4.69) is 15.5 Å². The number of hydrogen-bond donors (Lipinski definition) is 2. The van der Waals surface area contributed by atoms with Crippen molar-refractivity contribution in [3.05, 3.63) is 45.5 Å². The van der Waals surface area contributed by atoms with Crippen molar-refractivity contribution in [2.24, 2.45) is 12.9 Å². The molecular formula is C13H17Cl2N5. The second kappa shape index (κ2) is 6.54. The Morgan fingerprint density at radius 2 is 2.20 bits per heavy atom. The van der Waals surface area contributed by atoms with Gasteiger partial charge in [-0.15, -0.1) is 0 Å². The van der Waals surface area contributed by atoms with Crippen molar-refractivity contribution in [3.8, 4) is 0 Å². The van der Waals surface area contributed by atoms with Crippen LogP contribution in [0.25, 0.3) is 0 Å². The minimum Gasteiger partial charge on any atom is -0.271 e. The van der Waals surface area contributed by atoms with Crippen molar-refractivity contribution in [1.29, 1.82) is 0 Å². The van der Waals surface area contributed by atoms with E-state index in [4.69, 9.17) is 29.0 Å². The van der Waals surface area contributed by atoms with Gasteiger partial charge in [-0.3, -0.25) is 16.0 Å². The number of aryl methyl sites for hydroxylation is 2. The zero-order valence-electron chi connectivity index (χ0n) is 11.4. The number of aromatic nitrogens is 3. The van der Waals surface area contributed by atoms with Gasteiger partial charge in [0.2, 0.25) is 0 Å². The molecule has 1 atom stereocenters. The van der Waals surface area contributed by atoms with E-state index in [0.29, 0.717) is 16.6 Å². The largest absolute Gasteiger partial charge is 0.271 e. The van der Waals surface area contributed by atoms with Crippen LogP contribution in [0.2, 0.25) is 10.2 Å². The third-order valence-corrected chi connectivity index (χ3v) is 3.90. The molecule has 0 aliphatic rings. The van der Waals surface area contributed by atoms with E-state index in [1.54, 1.807) is 16.9 Å². The second-order valence-electron chi connectivity index (χ2n) is 4.52. The third-order valence-electron chi connectivity index (χ3n) is 3.25. The molecule has 5 nitrogen and oxygen atoms in total. The molecule has 0 aliphatic carbocycles. The van der Waals surface area contributed by atoms with Crippen molar-refractivity contribution in [1.82, 2.24) is 20.2 Å². The van der Waals surface area contributed by atoms with Crippen LogP contribution in [0.3, 0.4) is 0 Å². The number of hydrogen-bond acceptors (Lipinski definition) is 4. The number of pyridine rings is 1. The summed E-state index contributed by atoms with van der Waals surface area (Å²) in [7, 11) is 1.88. The summed E-state index contributed by atoms with van der Waals surface area (Å²) in [5.74, 6) is 5.66. The topological polar surface area (TPSA) is 68.8 Å². The molecule has 20 heavy (non-hydrogen) atoms. The van der Waals surface area contributed by atoms with Crippen LogP contribution in [0.1, 0.15) is 29.9 Å². The molecule has 1 unspecified atom stereocenters. The van der Waals surface area contributed by atoms with Crippen LogP contribution in [0, 0.1) is 0 Å². The van der Waals surface area contributed by atoms with Crippen LogP contribution in [0.4, 0.5) is 0 Å². The SMILES string of the molecule is CCc1nn(C)c(CC(NN)c2ccnc(Cl)c2)c1Cl. The summed E-state index contributed by atoms with van der Waals surface area (Å²) in [5, 5.41) is 5.55. The average Bonchev–Trinajstić information content (AvgIpc) is 2.71. The lowest BCUT2D eigenvalue weighted by Crippen LogP contribution is -2.30. The molecule has 0 fully saturated rings. The number of nitrogens with two attached hydrogens (primary N) is 1. The predicted octanol–water partition coefficient (Wildman–Crippen LogP) is 2.43. The highest BCUT2D eigenvalue weighted by Crippen LogP contribution is 2.26. The van der Waals surface area contributed by atoms with Gasteiger partial charge in [-0.2, -0.15) is 5.10 Å². The van der Waals surface area contributed by atoms with Gasteiger partial charge in [-0.05, 0) is 24.1 Å². The van der Waals surface area contributed by atoms with Crippen LogP contribution in [-0.2, 0) is 19.9 Å². The lowest BCUT2D eigenvalue weighted by molar-refractivity contribution is 0.529. The first kappa shape index (κ1) is 15.3. The molecule has 2 aromatic heterocycles. The molecule has 3 N–H and O–H groups in total. The van der Waals surface area contributed by atoms with Gasteiger partial charge in [-0.1, -0.05) is 30.1 Å². The Hall–Kier alpha value is -1.14. The summed E-state index contributed by atoms with van der Waals surface area (Å²) >= 11 is 12.3. The number of halogens is 2. The van der Waals surface area contributed by atoms with E-state index in [9.17, 15) is 0 Å². The molecule has 7 heteroatoms. The molecule has 0 saturated carbocycles. The zero-order chi connectivity index (χ0) is 14.7. The fraction of sp³-hybridized carbons (Fsp3) is 0.385. The smallest absolute Gasteiger partial charge is 0.129 e. The molecule has 0 aliphatic heterocycles. The number of rotatable bonds is 5. The molecule has 0 amide bonds. The van der Waals surface area contributed by atoms with Gasteiger partial charge in [0.05, 0.1) is 22.5 Å². The normalized spacial score (nSPS) is 12.7. The van der Waals surface area contributed by atoms with Crippen LogP contribution in [0.5, 0.6) is 0 Å². The maximum Gasteiger partial charge on any atom is 0.129 e. The minimum atomic E-state index is -0.104. The second-order valence-corrected chi connectivity index (χ2v) is 5.29.